The van der Waals surface area contributed by atoms with E-state index in [0.717, 1.165) is 18.1 Å². The van der Waals surface area contributed by atoms with Gasteiger partial charge in [-0.25, -0.2) is 0 Å². The first kappa shape index (κ1) is 17.7. The first-order chi connectivity index (χ1) is 9.67. The maximum Gasteiger partial charge on any atom is 0.239 e. The molecule has 0 aromatic carbocycles. The highest BCUT2D eigenvalue weighted by Crippen LogP contribution is 2.39. The third-order valence-electron chi connectivity index (χ3n) is 3.34. The molecule has 1 fully saturated rings. The van der Waals surface area contributed by atoms with Crippen LogP contribution in [0, 0.1) is 0 Å². The summed E-state index contributed by atoms with van der Waals surface area (Å²) in [7, 11) is 3.96. The molecule has 1 atom stereocenters. The van der Waals surface area contributed by atoms with Gasteiger partial charge in [0.05, 0.1) is 6.54 Å². The van der Waals surface area contributed by atoms with Crippen molar-refractivity contribution in [3.63, 3.8) is 0 Å². The number of carbonyl (C=O) groups is 2. The summed E-state index contributed by atoms with van der Waals surface area (Å²) in [5.41, 5.74) is 0. The Balaban J connectivity index is 2.16. The van der Waals surface area contributed by atoms with E-state index < -0.39 is 0 Å². The van der Waals surface area contributed by atoms with Gasteiger partial charge >= 0.3 is 0 Å². The van der Waals surface area contributed by atoms with Crippen LogP contribution in [-0.2, 0) is 9.59 Å². The van der Waals surface area contributed by atoms with E-state index in [1.165, 1.54) is 18.6 Å². The SMILES string of the molecule is CCNC(=O)CN(CC)C(=O)CCCCC1CCSS1. The molecule has 1 heterocycles. The minimum atomic E-state index is -0.0675. The molecule has 1 aliphatic heterocycles. The van der Waals surface area contributed by atoms with Crippen molar-refractivity contribution in [3.05, 3.63) is 0 Å². The molecule has 116 valence electrons. The second-order valence-corrected chi connectivity index (χ2v) is 7.72. The van der Waals surface area contributed by atoms with Crippen LogP contribution >= 0.6 is 21.6 Å². The van der Waals surface area contributed by atoms with E-state index >= 15 is 0 Å². The lowest BCUT2D eigenvalue weighted by molar-refractivity contribution is -0.135. The van der Waals surface area contributed by atoms with Gasteiger partial charge in [-0.2, -0.15) is 0 Å². The zero-order valence-corrected chi connectivity index (χ0v) is 14.2. The number of nitrogens with zero attached hydrogens (tertiary/aromatic N) is 1. The van der Waals surface area contributed by atoms with Crippen molar-refractivity contribution in [2.75, 3.05) is 25.4 Å². The standard InChI is InChI=1S/C14H26N2O2S2/c1-3-15-13(17)11-16(4-2)14(18)8-6-5-7-12-9-10-19-20-12/h12H,3-11H2,1-2H3,(H,15,17). The van der Waals surface area contributed by atoms with Crippen LogP contribution < -0.4 is 5.32 Å². The van der Waals surface area contributed by atoms with Crippen molar-refractivity contribution < 1.29 is 9.59 Å². The molecule has 2 amide bonds. The zero-order valence-electron chi connectivity index (χ0n) is 12.5. The van der Waals surface area contributed by atoms with Gasteiger partial charge in [0.2, 0.25) is 11.8 Å². The third kappa shape index (κ3) is 6.88. The Morgan fingerprint density at radius 2 is 2.10 bits per heavy atom. The summed E-state index contributed by atoms with van der Waals surface area (Å²) in [6.07, 6.45) is 5.14. The summed E-state index contributed by atoms with van der Waals surface area (Å²) in [5.74, 6) is 1.30. The lowest BCUT2D eigenvalue weighted by Gasteiger charge is -2.20. The number of rotatable bonds is 9. The summed E-state index contributed by atoms with van der Waals surface area (Å²) in [4.78, 5) is 25.2. The molecular weight excluding hydrogens is 292 g/mol. The molecule has 20 heavy (non-hydrogen) atoms. The Labute approximate surface area is 130 Å². The molecule has 1 rings (SSSR count). The number of amides is 2. The summed E-state index contributed by atoms with van der Waals surface area (Å²) in [5, 5.41) is 3.52. The second kappa shape index (κ2) is 10.4. The molecular formula is C14H26N2O2S2. The van der Waals surface area contributed by atoms with Gasteiger partial charge in [0.1, 0.15) is 0 Å². The van der Waals surface area contributed by atoms with Crippen LogP contribution in [0.15, 0.2) is 0 Å². The van der Waals surface area contributed by atoms with Crippen molar-refractivity contribution in [2.24, 2.45) is 0 Å². The van der Waals surface area contributed by atoms with Gasteiger partial charge in [0.15, 0.2) is 0 Å². The molecule has 1 aliphatic rings. The minimum Gasteiger partial charge on any atom is -0.355 e. The highest BCUT2D eigenvalue weighted by Gasteiger charge is 2.17. The number of likely N-dealkylation sites (N-methyl/N-ethyl adjacent to an activating group) is 2. The Hall–Kier alpha value is -0.360. The molecule has 0 radical (unpaired) electrons. The number of carbonyl (C=O) groups excluding carboxylic acids is 2. The topological polar surface area (TPSA) is 49.4 Å². The predicted octanol–water partition coefficient (Wildman–Crippen LogP) is 2.69. The number of nitrogens with one attached hydrogen (secondary N) is 1. The molecule has 0 aromatic rings. The Morgan fingerprint density at radius 3 is 2.70 bits per heavy atom. The lowest BCUT2D eigenvalue weighted by Crippen LogP contribution is -2.40. The van der Waals surface area contributed by atoms with Crippen LogP contribution in [0.3, 0.4) is 0 Å². The summed E-state index contributed by atoms with van der Waals surface area (Å²) >= 11 is 0. The van der Waals surface area contributed by atoms with E-state index in [2.05, 4.69) is 5.32 Å². The predicted molar refractivity (Wildman–Crippen MR) is 87.9 cm³/mol. The second-order valence-electron chi connectivity index (χ2n) is 4.94. The molecule has 0 aliphatic carbocycles. The van der Waals surface area contributed by atoms with Gasteiger partial charge in [0, 0.05) is 30.5 Å². The fourth-order valence-corrected chi connectivity index (χ4v) is 5.20. The van der Waals surface area contributed by atoms with Gasteiger partial charge < -0.3 is 10.2 Å². The summed E-state index contributed by atoms with van der Waals surface area (Å²) in [6.45, 7) is 5.21. The molecule has 1 unspecified atom stereocenters. The van der Waals surface area contributed by atoms with E-state index in [1.807, 2.05) is 35.4 Å². The maximum atomic E-state index is 12.0. The van der Waals surface area contributed by atoms with Gasteiger partial charge in [-0.05, 0) is 33.1 Å². The number of hydrogen-bond donors (Lipinski definition) is 1. The highest BCUT2D eigenvalue weighted by molar-refractivity contribution is 8.77. The number of unbranched alkanes of at least 4 members (excludes halogenated alkanes) is 1. The minimum absolute atomic E-state index is 0.0675. The van der Waals surface area contributed by atoms with Gasteiger partial charge in [-0.1, -0.05) is 28.0 Å². The first-order valence-corrected chi connectivity index (χ1v) is 9.88. The lowest BCUT2D eigenvalue weighted by atomic mass is 10.1. The zero-order chi connectivity index (χ0) is 14.8. The van der Waals surface area contributed by atoms with E-state index in [-0.39, 0.29) is 18.4 Å². The van der Waals surface area contributed by atoms with E-state index in [4.69, 9.17) is 0 Å². The third-order valence-corrected chi connectivity index (χ3v) is 6.34. The van der Waals surface area contributed by atoms with Gasteiger partial charge in [-0.15, -0.1) is 0 Å². The molecule has 4 nitrogen and oxygen atoms in total. The average molecular weight is 319 g/mol. The Morgan fingerprint density at radius 1 is 1.30 bits per heavy atom. The Bertz CT molecular complexity index is 308. The van der Waals surface area contributed by atoms with E-state index in [0.29, 0.717) is 19.5 Å². The van der Waals surface area contributed by atoms with Crippen molar-refractivity contribution in [1.29, 1.82) is 0 Å². The van der Waals surface area contributed by atoms with Crippen molar-refractivity contribution in [3.8, 4) is 0 Å². The van der Waals surface area contributed by atoms with Gasteiger partial charge in [0.25, 0.3) is 0 Å². The highest BCUT2D eigenvalue weighted by atomic mass is 33.1. The van der Waals surface area contributed by atoms with Crippen molar-refractivity contribution in [2.45, 2.75) is 51.2 Å². The van der Waals surface area contributed by atoms with Crippen molar-refractivity contribution >= 4 is 33.4 Å². The normalized spacial score (nSPS) is 18.0. The number of hydrogen-bond acceptors (Lipinski definition) is 4. The molecule has 1 N–H and O–H groups in total. The molecule has 1 saturated heterocycles. The Kier molecular flexibility index (Phi) is 9.18. The van der Waals surface area contributed by atoms with Crippen LogP contribution in [0.5, 0.6) is 0 Å². The van der Waals surface area contributed by atoms with Crippen LogP contribution in [0.2, 0.25) is 0 Å². The van der Waals surface area contributed by atoms with E-state index in [1.54, 1.807) is 4.90 Å². The maximum absolute atomic E-state index is 12.0. The average Bonchev–Trinajstić information content (AvgIpc) is 2.94. The van der Waals surface area contributed by atoms with Crippen LogP contribution in [0.1, 0.15) is 46.0 Å². The monoisotopic (exact) mass is 318 g/mol. The van der Waals surface area contributed by atoms with Crippen LogP contribution in [0.25, 0.3) is 0 Å². The van der Waals surface area contributed by atoms with Crippen molar-refractivity contribution in [1.82, 2.24) is 10.2 Å². The smallest absolute Gasteiger partial charge is 0.239 e. The fraction of sp³-hybridized carbons (Fsp3) is 0.857. The largest absolute Gasteiger partial charge is 0.355 e. The van der Waals surface area contributed by atoms with Crippen LogP contribution in [-0.4, -0.2) is 47.4 Å². The molecule has 0 bridgehead atoms. The van der Waals surface area contributed by atoms with E-state index in [9.17, 15) is 9.59 Å². The fourth-order valence-electron chi connectivity index (χ4n) is 2.17. The quantitative estimate of drug-likeness (QED) is 0.524. The molecule has 6 heteroatoms. The summed E-state index contributed by atoms with van der Waals surface area (Å²) < 4.78 is 0. The first-order valence-electron chi connectivity index (χ1n) is 7.50. The molecule has 0 saturated carbocycles. The van der Waals surface area contributed by atoms with Crippen LogP contribution in [0.4, 0.5) is 0 Å². The molecule has 0 aromatic heterocycles. The molecule has 0 spiro atoms. The summed E-state index contributed by atoms with van der Waals surface area (Å²) in [6, 6.07) is 0. The van der Waals surface area contributed by atoms with Gasteiger partial charge in [-0.3, -0.25) is 9.59 Å².